The van der Waals surface area contributed by atoms with Crippen molar-refractivity contribution < 1.29 is 4.74 Å². The molecule has 0 amide bonds. The Morgan fingerprint density at radius 2 is 2.35 bits per heavy atom. The van der Waals surface area contributed by atoms with Gasteiger partial charge in [0, 0.05) is 19.2 Å². The van der Waals surface area contributed by atoms with Crippen LogP contribution in [0.1, 0.15) is 5.56 Å². The van der Waals surface area contributed by atoms with Crippen molar-refractivity contribution in [1.82, 2.24) is 20.2 Å². The highest BCUT2D eigenvalue weighted by molar-refractivity contribution is 7.99. The van der Waals surface area contributed by atoms with Crippen LogP contribution in [0.3, 0.4) is 0 Å². The lowest BCUT2D eigenvalue weighted by Gasteiger charge is -2.08. The van der Waals surface area contributed by atoms with Gasteiger partial charge in [-0.25, -0.2) is 4.68 Å². The highest BCUT2D eigenvalue weighted by Crippen LogP contribution is 2.30. The van der Waals surface area contributed by atoms with Crippen molar-refractivity contribution in [3.63, 3.8) is 0 Å². The zero-order chi connectivity index (χ0) is 11.7. The van der Waals surface area contributed by atoms with E-state index in [9.17, 15) is 0 Å². The number of ether oxygens (including phenoxy) is 1. The van der Waals surface area contributed by atoms with Gasteiger partial charge in [-0.15, -0.1) is 5.10 Å². The maximum atomic E-state index is 5.85. The third-order valence-electron chi connectivity index (χ3n) is 2.69. The summed E-state index contributed by atoms with van der Waals surface area (Å²) in [5.74, 6) is 1.87. The van der Waals surface area contributed by atoms with Gasteiger partial charge < -0.3 is 4.74 Å². The largest absolute Gasteiger partial charge is 0.489 e. The number of aryl methyl sites for hydroxylation is 1. The van der Waals surface area contributed by atoms with Gasteiger partial charge in [0.15, 0.2) is 0 Å². The maximum absolute atomic E-state index is 5.85. The number of hydrogen-bond donors (Lipinski definition) is 0. The summed E-state index contributed by atoms with van der Waals surface area (Å²) in [5, 5.41) is 12.2. The third kappa shape index (κ3) is 2.12. The lowest BCUT2D eigenvalue weighted by molar-refractivity contribution is 0.259. The number of fused-ring (bicyclic) bond motifs is 1. The lowest BCUT2D eigenvalue weighted by Crippen LogP contribution is -2.16. The molecule has 0 saturated carbocycles. The molecule has 0 saturated heterocycles. The van der Waals surface area contributed by atoms with E-state index in [-0.39, 0.29) is 6.10 Å². The van der Waals surface area contributed by atoms with E-state index in [1.165, 1.54) is 5.56 Å². The molecule has 1 atom stereocenters. The molecule has 1 aromatic heterocycles. The monoisotopic (exact) mass is 248 g/mol. The molecule has 1 aromatic carbocycles. The summed E-state index contributed by atoms with van der Waals surface area (Å²) in [6.45, 7) is 0. The maximum Gasteiger partial charge on any atom is 0.209 e. The van der Waals surface area contributed by atoms with E-state index >= 15 is 0 Å². The van der Waals surface area contributed by atoms with Crippen LogP contribution in [0.25, 0.3) is 0 Å². The van der Waals surface area contributed by atoms with Crippen LogP contribution in [-0.2, 0) is 13.5 Å². The van der Waals surface area contributed by atoms with Gasteiger partial charge in [0.25, 0.3) is 0 Å². The molecule has 0 unspecified atom stereocenters. The van der Waals surface area contributed by atoms with Crippen molar-refractivity contribution in [1.29, 1.82) is 0 Å². The molecule has 1 aliphatic rings. The van der Waals surface area contributed by atoms with Crippen LogP contribution in [0.5, 0.6) is 5.75 Å². The van der Waals surface area contributed by atoms with Crippen LogP contribution in [-0.4, -0.2) is 32.1 Å². The SMILES string of the molecule is Cn1nnnc1SC[C@H]1Cc2ccccc2O1. The Balaban J connectivity index is 1.61. The fourth-order valence-corrected chi connectivity index (χ4v) is 2.70. The van der Waals surface area contributed by atoms with Crippen molar-refractivity contribution in [3.8, 4) is 5.75 Å². The smallest absolute Gasteiger partial charge is 0.209 e. The first kappa shape index (κ1) is 10.6. The van der Waals surface area contributed by atoms with Crippen molar-refractivity contribution in [2.24, 2.45) is 7.05 Å². The van der Waals surface area contributed by atoms with Crippen LogP contribution in [0, 0.1) is 0 Å². The minimum atomic E-state index is 0.217. The van der Waals surface area contributed by atoms with Crippen molar-refractivity contribution >= 4 is 11.8 Å². The second kappa shape index (κ2) is 4.37. The summed E-state index contributed by atoms with van der Waals surface area (Å²) in [6.07, 6.45) is 1.18. The van der Waals surface area contributed by atoms with Gasteiger partial charge in [-0.1, -0.05) is 30.0 Å². The Bertz CT molecular complexity index is 503. The molecule has 2 heterocycles. The minimum Gasteiger partial charge on any atom is -0.489 e. The molecule has 0 radical (unpaired) electrons. The van der Waals surface area contributed by atoms with Gasteiger partial charge in [-0.05, 0) is 22.1 Å². The Labute approximate surface area is 103 Å². The zero-order valence-corrected chi connectivity index (χ0v) is 10.2. The molecular formula is C11H12N4OS. The van der Waals surface area contributed by atoms with Gasteiger partial charge in [-0.2, -0.15) is 0 Å². The van der Waals surface area contributed by atoms with Crippen molar-refractivity contribution in [3.05, 3.63) is 29.8 Å². The first-order valence-electron chi connectivity index (χ1n) is 5.42. The molecule has 0 fully saturated rings. The van der Waals surface area contributed by atoms with Gasteiger partial charge in [0.2, 0.25) is 5.16 Å². The second-order valence-electron chi connectivity index (χ2n) is 3.95. The topological polar surface area (TPSA) is 52.8 Å². The Morgan fingerprint density at radius 1 is 1.47 bits per heavy atom. The number of para-hydroxylation sites is 1. The number of rotatable bonds is 3. The van der Waals surface area contributed by atoms with E-state index in [0.29, 0.717) is 0 Å². The molecular weight excluding hydrogens is 236 g/mol. The highest BCUT2D eigenvalue weighted by Gasteiger charge is 2.22. The second-order valence-corrected chi connectivity index (χ2v) is 4.93. The fraction of sp³-hybridized carbons (Fsp3) is 0.364. The highest BCUT2D eigenvalue weighted by atomic mass is 32.2. The van der Waals surface area contributed by atoms with E-state index < -0.39 is 0 Å². The molecule has 5 nitrogen and oxygen atoms in total. The third-order valence-corrected chi connectivity index (χ3v) is 3.84. The summed E-state index contributed by atoms with van der Waals surface area (Å²) in [5.41, 5.74) is 1.29. The summed E-state index contributed by atoms with van der Waals surface area (Å²) >= 11 is 1.62. The molecule has 6 heteroatoms. The molecule has 0 aliphatic carbocycles. The molecule has 0 bridgehead atoms. The molecule has 2 aromatic rings. The number of thioether (sulfide) groups is 1. The number of nitrogens with zero attached hydrogens (tertiary/aromatic N) is 4. The van der Waals surface area contributed by atoms with Crippen LogP contribution in [0.4, 0.5) is 0 Å². The number of tetrazole rings is 1. The van der Waals surface area contributed by atoms with E-state index in [1.807, 2.05) is 25.2 Å². The van der Waals surface area contributed by atoms with Crippen LogP contribution in [0.15, 0.2) is 29.4 Å². The van der Waals surface area contributed by atoms with Crippen LogP contribution in [0.2, 0.25) is 0 Å². The first-order valence-corrected chi connectivity index (χ1v) is 6.41. The summed E-state index contributed by atoms with van der Waals surface area (Å²) in [6, 6.07) is 8.18. The standard InChI is InChI=1S/C11H12N4OS/c1-15-11(12-13-14-15)17-7-9-6-8-4-2-3-5-10(8)16-9/h2-5,9H,6-7H2,1H3/t9-/m1/s1. The van der Waals surface area contributed by atoms with Gasteiger partial charge in [0.1, 0.15) is 11.9 Å². The lowest BCUT2D eigenvalue weighted by atomic mass is 10.1. The normalized spacial score (nSPS) is 17.8. The summed E-state index contributed by atoms with van der Waals surface area (Å²) in [4.78, 5) is 0. The van der Waals surface area contributed by atoms with Gasteiger partial charge in [-0.3, -0.25) is 0 Å². The molecule has 17 heavy (non-hydrogen) atoms. The minimum absolute atomic E-state index is 0.217. The zero-order valence-electron chi connectivity index (χ0n) is 9.41. The van der Waals surface area contributed by atoms with Gasteiger partial charge in [0.05, 0.1) is 0 Å². The Kier molecular flexibility index (Phi) is 2.72. The Morgan fingerprint density at radius 3 is 3.12 bits per heavy atom. The number of hydrogen-bond acceptors (Lipinski definition) is 5. The van der Waals surface area contributed by atoms with Crippen molar-refractivity contribution in [2.75, 3.05) is 5.75 Å². The van der Waals surface area contributed by atoms with Gasteiger partial charge >= 0.3 is 0 Å². The predicted octanol–water partition coefficient (Wildman–Crippen LogP) is 1.31. The molecule has 3 rings (SSSR count). The molecule has 0 N–H and O–H groups in total. The average Bonchev–Trinajstić information content (AvgIpc) is 2.92. The average molecular weight is 248 g/mol. The number of benzene rings is 1. The number of aromatic nitrogens is 4. The quantitative estimate of drug-likeness (QED) is 0.766. The van der Waals surface area contributed by atoms with E-state index in [0.717, 1.165) is 23.1 Å². The molecule has 1 aliphatic heterocycles. The molecule has 88 valence electrons. The predicted molar refractivity (Wildman–Crippen MR) is 64.1 cm³/mol. The molecule has 0 spiro atoms. The Hall–Kier alpha value is -1.56. The summed E-state index contributed by atoms with van der Waals surface area (Å²) < 4.78 is 7.52. The van der Waals surface area contributed by atoms with Crippen LogP contribution >= 0.6 is 11.8 Å². The van der Waals surface area contributed by atoms with E-state index in [4.69, 9.17) is 4.74 Å². The van der Waals surface area contributed by atoms with Crippen LogP contribution < -0.4 is 4.74 Å². The van der Waals surface area contributed by atoms with E-state index in [2.05, 4.69) is 21.6 Å². The van der Waals surface area contributed by atoms with Crippen molar-refractivity contribution in [2.45, 2.75) is 17.7 Å². The first-order chi connectivity index (χ1) is 8.33. The fourth-order valence-electron chi connectivity index (χ4n) is 1.86. The summed E-state index contributed by atoms with van der Waals surface area (Å²) in [7, 11) is 1.84. The van der Waals surface area contributed by atoms with E-state index in [1.54, 1.807) is 16.4 Å².